The SMILES string of the molecule is CC/C=C\C/C=C\C/C=C\C/C=C\C/C=C\C/C=C\C/C=C\C/C=C\C/C=C\CCCCCCCCCCCC(=O)NC(COC1OC(CO)C(OC2OC(CO)C(OC3OC(CO)C(O)C(O)C3O)C(O)C2O)C(O)C1O)C(O)/C=C/CC/C=C/CC/C=C/CCCCCCCCCCC. The van der Waals surface area contributed by atoms with E-state index in [0.717, 1.165) is 116 Å². The third-order valence-corrected chi connectivity index (χ3v) is 18.1. The summed E-state index contributed by atoms with van der Waals surface area (Å²) in [7, 11) is 0. The minimum atomic E-state index is -1.99. The molecule has 0 saturated carbocycles. The molecule has 576 valence electrons. The van der Waals surface area contributed by atoms with Crippen LogP contribution in [0, 0.1) is 0 Å². The summed E-state index contributed by atoms with van der Waals surface area (Å²) in [5.41, 5.74) is 0. The lowest BCUT2D eigenvalue weighted by Gasteiger charge is -2.48. The summed E-state index contributed by atoms with van der Waals surface area (Å²) >= 11 is 0. The maximum atomic E-state index is 13.4. The van der Waals surface area contributed by atoms with E-state index in [4.69, 9.17) is 28.4 Å². The Morgan fingerprint density at radius 2 is 0.693 bits per heavy atom. The molecule has 19 heteroatoms. The number of ether oxygens (including phenoxy) is 6. The van der Waals surface area contributed by atoms with Gasteiger partial charge in [-0.25, -0.2) is 0 Å². The van der Waals surface area contributed by atoms with Gasteiger partial charge in [-0.2, -0.15) is 0 Å². The minimum Gasteiger partial charge on any atom is -0.394 e. The van der Waals surface area contributed by atoms with Crippen LogP contribution in [0.15, 0.2) is 146 Å². The number of nitrogens with one attached hydrogen (secondary N) is 1. The fraction of sp³-hybridized carbons (Fsp3) is 0.695. The molecule has 17 unspecified atom stereocenters. The highest BCUT2D eigenvalue weighted by atomic mass is 16.8. The normalized spacial score (nSPS) is 27.2. The molecule has 3 fully saturated rings. The Morgan fingerprint density at radius 1 is 0.366 bits per heavy atom. The molecule has 0 aliphatic carbocycles. The van der Waals surface area contributed by atoms with Gasteiger partial charge in [-0.3, -0.25) is 4.79 Å². The van der Waals surface area contributed by atoms with Crippen LogP contribution in [0.3, 0.4) is 0 Å². The second kappa shape index (κ2) is 60.9. The zero-order valence-corrected chi connectivity index (χ0v) is 61.3. The van der Waals surface area contributed by atoms with Gasteiger partial charge in [0.2, 0.25) is 5.91 Å². The van der Waals surface area contributed by atoms with Gasteiger partial charge in [-0.15, -0.1) is 0 Å². The number of hydrogen-bond donors (Lipinski definition) is 12. The third kappa shape index (κ3) is 41.2. The molecule has 3 heterocycles. The summed E-state index contributed by atoms with van der Waals surface area (Å²) in [6, 6.07) is -1.01. The Morgan fingerprint density at radius 3 is 1.11 bits per heavy atom. The lowest BCUT2D eigenvalue weighted by molar-refractivity contribution is -0.379. The molecular formula is C82H135NO18. The molecule has 0 aromatic heterocycles. The predicted molar refractivity (Wildman–Crippen MR) is 401 cm³/mol. The summed E-state index contributed by atoms with van der Waals surface area (Å²) in [5.74, 6) is -0.302. The molecule has 101 heavy (non-hydrogen) atoms. The Balaban J connectivity index is 1.38. The Labute approximate surface area is 606 Å². The third-order valence-electron chi connectivity index (χ3n) is 18.1. The fourth-order valence-corrected chi connectivity index (χ4v) is 11.9. The second-order valence-electron chi connectivity index (χ2n) is 26.7. The van der Waals surface area contributed by atoms with E-state index in [9.17, 15) is 61.0 Å². The monoisotopic (exact) mass is 1420 g/mol. The molecule has 19 nitrogen and oxygen atoms in total. The van der Waals surface area contributed by atoms with E-state index in [1.807, 2.05) is 6.08 Å². The van der Waals surface area contributed by atoms with E-state index in [1.165, 1.54) is 83.5 Å². The van der Waals surface area contributed by atoms with Crippen molar-refractivity contribution >= 4 is 5.91 Å². The van der Waals surface area contributed by atoms with Crippen LogP contribution in [-0.2, 0) is 33.2 Å². The Kier molecular flexibility index (Phi) is 54.8. The van der Waals surface area contributed by atoms with Crippen molar-refractivity contribution in [2.45, 2.75) is 336 Å². The molecule has 3 aliphatic rings. The van der Waals surface area contributed by atoms with Crippen LogP contribution >= 0.6 is 0 Å². The number of hydrogen-bond acceptors (Lipinski definition) is 18. The largest absolute Gasteiger partial charge is 0.394 e. The van der Waals surface area contributed by atoms with Gasteiger partial charge in [0.1, 0.15) is 73.2 Å². The van der Waals surface area contributed by atoms with E-state index in [-0.39, 0.29) is 18.9 Å². The lowest BCUT2D eigenvalue weighted by atomic mass is 9.96. The standard InChI is InChI=1S/C82H135NO18/c1-3-5-7-9-11-13-15-17-19-21-23-24-25-26-27-28-29-30-31-32-33-34-35-36-37-38-39-40-42-44-46-48-50-52-54-56-58-60-70(88)83-65(66(87)59-57-55-53-51-49-47-45-43-41-22-20-18-16-14-12-10-8-6-4-2)64-96-80-76(94)73(91)78(68(62-85)98-80)101-82-77(95)74(92)79(69(63-86)99-82)100-81-75(93)72(90)71(89)67(61-84)97-81/h5,7,11,13,17,19,23-24,26-27,29-30,32-33,35-36,38-39,41,43,49,51,57,59,65-69,71-82,84-87,89-95H,3-4,6,8-10,12,14-16,18,20-22,25,28,31,34,37,40,42,44-48,50,52-56,58,60-64H2,1-2H3,(H,83,88)/b7-5-,13-11-,19-17-,24-23-,27-26-,30-29-,33-32-,36-35-,39-38-,43-41+,51-49+,59-57+. The van der Waals surface area contributed by atoms with Gasteiger partial charge in [0.25, 0.3) is 0 Å². The number of carbonyl (C=O) groups is 1. The second-order valence-corrected chi connectivity index (χ2v) is 26.7. The molecule has 3 aliphatic heterocycles. The molecule has 3 rings (SSSR count). The number of aliphatic hydroxyl groups excluding tert-OH is 11. The quantitative estimate of drug-likeness (QED) is 0.0199. The van der Waals surface area contributed by atoms with Gasteiger partial charge < -0.3 is 89.9 Å². The highest BCUT2D eigenvalue weighted by molar-refractivity contribution is 5.76. The Bertz CT molecular complexity index is 2400. The minimum absolute atomic E-state index is 0.215. The maximum absolute atomic E-state index is 13.4. The molecule has 0 aromatic carbocycles. The number of unbranched alkanes of at least 4 members (excludes halogenated alkanes) is 20. The van der Waals surface area contributed by atoms with Gasteiger partial charge in [-0.1, -0.05) is 256 Å². The molecule has 0 bridgehead atoms. The van der Waals surface area contributed by atoms with Crippen LogP contribution in [0.25, 0.3) is 0 Å². The zero-order chi connectivity index (χ0) is 73.2. The van der Waals surface area contributed by atoms with Crippen LogP contribution in [-0.4, -0.2) is 193 Å². The molecule has 1 amide bonds. The number of amides is 1. The number of aliphatic hydroxyl groups is 11. The molecular weight excluding hydrogens is 1290 g/mol. The van der Waals surface area contributed by atoms with Crippen molar-refractivity contribution in [2.24, 2.45) is 0 Å². The fourth-order valence-electron chi connectivity index (χ4n) is 11.9. The number of rotatable bonds is 58. The van der Waals surface area contributed by atoms with Crippen molar-refractivity contribution in [3.05, 3.63) is 146 Å². The summed E-state index contributed by atoms with van der Waals surface area (Å²) in [6.07, 6.45) is 61.1. The maximum Gasteiger partial charge on any atom is 0.220 e. The highest BCUT2D eigenvalue weighted by Gasteiger charge is 2.53. The van der Waals surface area contributed by atoms with E-state index in [2.05, 4.69) is 153 Å². The average Bonchev–Trinajstić information content (AvgIpc) is 0.789. The van der Waals surface area contributed by atoms with Crippen LogP contribution < -0.4 is 5.32 Å². The van der Waals surface area contributed by atoms with Crippen molar-refractivity contribution in [2.75, 3.05) is 26.4 Å². The molecule has 0 spiro atoms. The van der Waals surface area contributed by atoms with Crippen molar-refractivity contribution in [1.82, 2.24) is 5.32 Å². The average molecular weight is 1420 g/mol. The van der Waals surface area contributed by atoms with E-state index < -0.39 is 124 Å². The first-order valence-electron chi connectivity index (χ1n) is 38.6. The van der Waals surface area contributed by atoms with E-state index >= 15 is 0 Å². The molecule has 3 saturated heterocycles. The summed E-state index contributed by atoms with van der Waals surface area (Å²) in [4.78, 5) is 13.4. The summed E-state index contributed by atoms with van der Waals surface area (Å²) in [5, 5.41) is 121. The van der Waals surface area contributed by atoms with Crippen LogP contribution in [0.5, 0.6) is 0 Å². The molecule has 0 aromatic rings. The summed E-state index contributed by atoms with van der Waals surface area (Å²) in [6.45, 7) is 1.57. The first-order chi connectivity index (χ1) is 49.3. The zero-order valence-electron chi connectivity index (χ0n) is 61.3. The van der Waals surface area contributed by atoms with Gasteiger partial charge in [0, 0.05) is 6.42 Å². The van der Waals surface area contributed by atoms with Gasteiger partial charge >= 0.3 is 0 Å². The highest BCUT2D eigenvalue weighted by Crippen LogP contribution is 2.33. The number of allylic oxidation sites excluding steroid dienone is 23. The van der Waals surface area contributed by atoms with E-state index in [0.29, 0.717) is 12.8 Å². The summed E-state index contributed by atoms with van der Waals surface area (Å²) < 4.78 is 34.4. The smallest absolute Gasteiger partial charge is 0.220 e. The van der Waals surface area contributed by atoms with Crippen LogP contribution in [0.4, 0.5) is 0 Å². The van der Waals surface area contributed by atoms with Gasteiger partial charge in [0.05, 0.1) is 38.6 Å². The first-order valence-corrected chi connectivity index (χ1v) is 38.6. The molecule has 0 radical (unpaired) electrons. The van der Waals surface area contributed by atoms with Gasteiger partial charge in [-0.05, 0) is 116 Å². The van der Waals surface area contributed by atoms with Gasteiger partial charge in [0.15, 0.2) is 18.9 Å². The molecule has 12 N–H and O–H groups in total. The van der Waals surface area contributed by atoms with E-state index in [1.54, 1.807) is 6.08 Å². The number of carbonyl (C=O) groups excluding carboxylic acids is 1. The van der Waals surface area contributed by atoms with Crippen LogP contribution in [0.1, 0.15) is 232 Å². The first kappa shape index (κ1) is 90.9. The van der Waals surface area contributed by atoms with Crippen molar-refractivity contribution in [1.29, 1.82) is 0 Å². The predicted octanol–water partition coefficient (Wildman–Crippen LogP) is 12.3. The molecule has 17 atom stereocenters. The van der Waals surface area contributed by atoms with Crippen molar-refractivity contribution in [3.63, 3.8) is 0 Å². The van der Waals surface area contributed by atoms with Crippen molar-refractivity contribution < 1.29 is 89.4 Å². The lowest BCUT2D eigenvalue weighted by Crippen LogP contribution is -2.66. The Hall–Kier alpha value is -4.33. The van der Waals surface area contributed by atoms with Crippen LogP contribution in [0.2, 0.25) is 0 Å². The topological polar surface area (TPSA) is 307 Å². The van der Waals surface area contributed by atoms with Crippen molar-refractivity contribution in [3.8, 4) is 0 Å².